The van der Waals surface area contributed by atoms with Gasteiger partial charge in [0.05, 0.1) is 16.8 Å². The van der Waals surface area contributed by atoms with Crippen molar-refractivity contribution in [1.82, 2.24) is 14.7 Å². The van der Waals surface area contributed by atoms with Crippen molar-refractivity contribution in [3.8, 4) is 16.3 Å². The van der Waals surface area contributed by atoms with Crippen LogP contribution in [-0.2, 0) is 11.3 Å². The lowest BCUT2D eigenvalue weighted by atomic mass is 10.2. The zero-order valence-electron chi connectivity index (χ0n) is 15.4. The molecule has 3 heterocycles. The fourth-order valence-corrected chi connectivity index (χ4v) is 3.60. The lowest BCUT2D eigenvalue weighted by Crippen LogP contribution is -2.24. The van der Waals surface area contributed by atoms with Crippen LogP contribution in [0.4, 0.5) is 0 Å². The summed E-state index contributed by atoms with van der Waals surface area (Å²) in [6.07, 6.45) is 6.77. The van der Waals surface area contributed by atoms with Crippen LogP contribution in [0.5, 0.6) is 0 Å². The molecule has 4 aromatic rings. The Morgan fingerprint density at radius 3 is 2.75 bits per heavy atom. The average Bonchev–Trinajstić information content (AvgIpc) is 3.47. The molecule has 0 radical (unpaired) electrons. The Balaban J connectivity index is 1.59. The Kier molecular flexibility index (Phi) is 5.21. The van der Waals surface area contributed by atoms with E-state index < -0.39 is 0 Å². The van der Waals surface area contributed by atoms with Gasteiger partial charge >= 0.3 is 0 Å². The van der Waals surface area contributed by atoms with E-state index >= 15 is 0 Å². The summed E-state index contributed by atoms with van der Waals surface area (Å²) < 4.78 is 7.10. The molecule has 0 aliphatic rings. The number of furan rings is 1. The molecule has 140 valence electrons. The smallest absolute Gasteiger partial charge is 0.246 e. The van der Waals surface area contributed by atoms with E-state index in [0.717, 1.165) is 21.8 Å². The van der Waals surface area contributed by atoms with Crippen molar-refractivity contribution in [2.45, 2.75) is 6.54 Å². The van der Waals surface area contributed by atoms with Crippen LogP contribution >= 0.6 is 11.3 Å². The SMILES string of the molecule is CN(Cc1cn(-c2ccccc2)nc1-c1cccs1)C(=O)/C=C/c1ccco1. The molecule has 0 aliphatic carbocycles. The second-order valence-electron chi connectivity index (χ2n) is 6.30. The topological polar surface area (TPSA) is 51.3 Å². The molecule has 0 atom stereocenters. The van der Waals surface area contributed by atoms with Crippen molar-refractivity contribution in [1.29, 1.82) is 0 Å². The highest BCUT2D eigenvalue weighted by Gasteiger charge is 2.16. The van der Waals surface area contributed by atoms with Crippen LogP contribution in [0.1, 0.15) is 11.3 Å². The second kappa shape index (κ2) is 8.10. The number of hydrogen-bond donors (Lipinski definition) is 0. The number of rotatable bonds is 6. The molecule has 6 heteroatoms. The molecule has 28 heavy (non-hydrogen) atoms. The van der Waals surface area contributed by atoms with E-state index in [1.807, 2.05) is 64.8 Å². The number of amides is 1. The molecule has 5 nitrogen and oxygen atoms in total. The zero-order chi connectivity index (χ0) is 19.3. The van der Waals surface area contributed by atoms with Gasteiger partial charge in [-0.1, -0.05) is 24.3 Å². The molecule has 4 rings (SSSR count). The van der Waals surface area contributed by atoms with E-state index in [4.69, 9.17) is 9.52 Å². The minimum absolute atomic E-state index is 0.0963. The first-order chi connectivity index (χ1) is 13.7. The number of nitrogens with zero attached hydrogens (tertiary/aromatic N) is 3. The van der Waals surface area contributed by atoms with E-state index in [1.165, 1.54) is 6.08 Å². The summed E-state index contributed by atoms with van der Waals surface area (Å²) in [6.45, 7) is 0.460. The summed E-state index contributed by atoms with van der Waals surface area (Å²) in [4.78, 5) is 15.2. The number of hydrogen-bond acceptors (Lipinski definition) is 4. The van der Waals surface area contributed by atoms with Gasteiger partial charge in [0.25, 0.3) is 0 Å². The number of aromatic nitrogens is 2. The van der Waals surface area contributed by atoms with Crippen LogP contribution in [0.3, 0.4) is 0 Å². The van der Waals surface area contributed by atoms with Gasteiger partial charge in [-0.2, -0.15) is 5.10 Å². The van der Waals surface area contributed by atoms with Crippen LogP contribution in [0, 0.1) is 0 Å². The maximum Gasteiger partial charge on any atom is 0.246 e. The Morgan fingerprint density at radius 2 is 2.04 bits per heavy atom. The summed E-state index contributed by atoms with van der Waals surface area (Å²) in [5.74, 6) is 0.555. The van der Waals surface area contributed by atoms with Gasteiger partial charge in [-0.25, -0.2) is 4.68 Å². The van der Waals surface area contributed by atoms with Crippen LogP contribution in [0.2, 0.25) is 0 Å². The number of thiophene rings is 1. The Bertz CT molecular complexity index is 1060. The highest BCUT2D eigenvalue weighted by molar-refractivity contribution is 7.13. The number of para-hydroxylation sites is 1. The maximum absolute atomic E-state index is 12.5. The first-order valence-electron chi connectivity index (χ1n) is 8.85. The van der Waals surface area contributed by atoms with Crippen LogP contribution in [0.25, 0.3) is 22.3 Å². The van der Waals surface area contributed by atoms with Crippen molar-refractivity contribution in [2.24, 2.45) is 0 Å². The van der Waals surface area contributed by atoms with Crippen molar-refractivity contribution >= 4 is 23.3 Å². The lowest BCUT2D eigenvalue weighted by molar-refractivity contribution is -0.125. The maximum atomic E-state index is 12.5. The summed E-state index contributed by atoms with van der Waals surface area (Å²) >= 11 is 1.64. The molecule has 0 N–H and O–H groups in total. The molecule has 0 fully saturated rings. The molecule has 0 bridgehead atoms. The minimum atomic E-state index is -0.0963. The molecule has 1 amide bonds. The minimum Gasteiger partial charge on any atom is -0.465 e. The molecule has 0 saturated heterocycles. The van der Waals surface area contributed by atoms with Gasteiger partial charge in [-0.15, -0.1) is 11.3 Å². The van der Waals surface area contributed by atoms with E-state index in [0.29, 0.717) is 12.3 Å². The summed E-state index contributed by atoms with van der Waals surface area (Å²) in [5, 5.41) is 6.81. The van der Waals surface area contributed by atoms with Gasteiger partial charge in [-0.05, 0) is 41.8 Å². The molecular formula is C22H19N3O2S. The number of likely N-dealkylation sites (N-methyl/N-ethyl adjacent to an activating group) is 1. The number of carbonyl (C=O) groups excluding carboxylic acids is 1. The highest BCUT2D eigenvalue weighted by atomic mass is 32.1. The van der Waals surface area contributed by atoms with Crippen molar-refractivity contribution < 1.29 is 9.21 Å². The van der Waals surface area contributed by atoms with Crippen LogP contribution in [-0.4, -0.2) is 27.6 Å². The summed E-state index contributed by atoms with van der Waals surface area (Å²) in [6, 6.07) is 17.6. The van der Waals surface area contributed by atoms with Gasteiger partial charge in [0, 0.05) is 31.4 Å². The van der Waals surface area contributed by atoms with Gasteiger partial charge < -0.3 is 9.32 Å². The van der Waals surface area contributed by atoms with Gasteiger partial charge in [0.1, 0.15) is 11.5 Å². The summed E-state index contributed by atoms with van der Waals surface area (Å²) in [5.41, 5.74) is 2.88. The fraction of sp³-hybridized carbons (Fsp3) is 0.0909. The molecule has 0 aliphatic heterocycles. The van der Waals surface area contributed by atoms with Gasteiger partial charge in [0.2, 0.25) is 5.91 Å². The molecular weight excluding hydrogens is 370 g/mol. The number of benzene rings is 1. The normalized spacial score (nSPS) is 11.2. The predicted molar refractivity (Wildman–Crippen MR) is 111 cm³/mol. The third-order valence-electron chi connectivity index (χ3n) is 4.28. The monoisotopic (exact) mass is 389 g/mol. The Morgan fingerprint density at radius 1 is 1.18 bits per heavy atom. The zero-order valence-corrected chi connectivity index (χ0v) is 16.2. The number of carbonyl (C=O) groups is 1. The van der Waals surface area contributed by atoms with Gasteiger partial charge in [0.15, 0.2) is 0 Å². The highest BCUT2D eigenvalue weighted by Crippen LogP contribution is 2.28. The molecule has 0 unspecified atom stereocenters. The molecule has 0 spiro atoms. The first kappa shape index (κ1) is 18.0. The molecule has 1 aromatic carbocycles. The largest absolute Gasteiger partial charge is 0.465 e. The Labute approximate surface area is 167 Å². The van der Waals surface area contributed by atoms with Crippen LogP contribution in [0.15, 0.2) is 82.9 Å². The van der Waals surface area contributed by atoms with Crippen molar-refractivity contribution in [2.75, 3.05) is 7.05 Å². The summed E-state index contributed by atoms with van der Waals surface area (Å²) in [7, 11) is 1.78. The van der Waals surface area contributed by atoms with E-state index in [9.17, 15) is 4.79 Å². The Hall–Kier alpha value is -3.38. The van der Waals surface area contributed by atoms with Gasteiger partial charge in [-0.3, -0.25) is 4.79 Å². The van der Waals surface area contributed by atoms with Crippen molar-refractivity contribution in [3.63, 3.8) is 0 Å². The van der Waals surface area contributed by atoms with Crippen LogP contribution < -0.4 is 0 Å². The first-order valence-corrected chi connectivity index (χ1v) is 9.73. The standard InChI is InChI=1S/C22H19N3O2S/c1-24(21(26)12-11-19-9-5-13-27-19)15-17-16-25(18-7-3-2-4-8-18)23-22(17)20-10-6-14-28-20/h2-14,16H,15H2,1H3/b12-11+. The van der Waals surface area contributed by atoms with E-state index in [1.54, 1.807) is 41.7 Å². The average molecular weight is 389 g/mol. The third-order valence-corrected chi connectivity index (χ3v) is 5.16. The molecule has 3 aromatic heterocycles. The molecule has 0 saturated carbocycles. The lowest BCUT2D eigenvalue weighted by Gasteiger charge is -2.14. The fourth-order valence-electron chi connectivity index (χ4n) is 2.86. The second-order valence-corrected chi connectivity index (χ2v) is 7.25. The predicted octanol–water partition coefficient (Wildman–Crippen LogP) is 4.87. The van der Waals surface area contributed by atoms with Crippen molar-refractivity contribution in [3.05, 3.63) is 89.8 Å². The third kappa shape index (κ3) is 3.97. The quantitative estimate of drug-likeness (QED) is 0.442. The van der Waals surface area contributed by atoms with E-state index in [2.05, 4.69) is 0 Å². The van der Waals surface area contributed by atoms with E-state index in [-0.39, 0.29) is 5.91 Å².